The second-order valence-electron chi connectivity index (χ2n) is 5.87. The third-order valence-corrected chi connectivity index (χ3v) is 4.29. The summed E-state index contributed by atoms with van der Waals surface area (Å²) in [6, 6.07) is 6.91. The molecule has 2 unspecified atom stereocenters. The predicted octanol–water partition coefficient (Wildman–Crippen LogP) is 1.26. The minimum atomic E-state index is -0.326. The highest BCUT2D eigenvalue weighted by molar-refractivity contribution is 5.95. The number of para-hydroxylation sites is 1. The lowest BCUT2D eigenvalue weighted by Gasteiger charge is -2.37. The van der Waals surface area contributed by atoms with Gasteiger partial charge in [-0.1, -0.05) is 12.1 Å². The molecule has 3 rings (SSSR count). The first-order chi connectivity index (χ1) is 10.6. The van der Waals surface area contributed by atoms with Crippen LogP contribution in [0.2, 0.25) is 0 Å². The maximum atomic E-state index is 12.8. The summed E-state index contributed by atoms with van der Waals surface area (Å²) in [5.41, 5.74) is 6.26. The summed E-state index contributed by atoms with van der Waals surface area (Å²) in [6.07, 6.45) is 2.85. The second-order valence-corrected chi connectivity index (χ2v) is 5.87. The van der Waals surface area contributed by atoms with Gasteiger partial charge in [0.25, 0.3) is 5.91 Å². The lowest BCUT2D eigenvalue weighted by molar-refractivity contribution is 0.0575. The Morgan fingerprint density at radius 2 is 2.18 bits per heavy atom. The third kappa shape index (κ3) is 2.50. The zero-order chi connectivity index (χ0) is 15.7. The number of aromatic nitrogens is 2. The molecule has 1 saturated heterocycles. The van der Waals surface area contributed by atoms with E-state index in [1.54, 1.807) is 23.1 Å². The standard InChI is InChI=1S/C16H20N4O2/c1-10(17)13-8-4-5-9-20(13)16(22)14-15(21)11-6-2-3-7-12(11)18-19-14/h2-3,6-7,10,13H,4-5,8-9,17H2,1H3,(H,18,21). The Balaban J connectivity index is 2.01. The van der Waals surface area contributed by atoms with E-state index in [4.69, 9.17) is 5.73 Å². The third-order valence-electron chi connectivity index (χ3n) is 4.29. The van der Waals surface area contributed by atoms with Gasteiger partial charge in [0.05, 0.1) is 5.52 Å². The number of hydrogen-bond acceptors (Lipinski definition) is 4. The quantitative estimate of drug-likeness (QED) is 0.873. The van der Waals surface area contributed by atoms with Crippen molar-refractivity contribution in [2.75, 3.05) is 6.54 Å². The van der Waals surface area contributed by atoms with Crippen LogP contribution < -0.4 is 11.2 Å². The van der Waals surface area contributed by atoms with Crippen molar-refractivity contribution in [3.63, 3.8) is 0 Å². The maximum Gasteiger partial charge on any atom is 0.278 e. The van der Waals surface area contributed by atoms with Crippen LogP contribution in [0, 0.1) is 0 Å². The number of carbonyl (C=O) groups is 1. The Labute approximate surface area is 128 Å². The molecule has 3 N–H and O–H groups in total. The van der Waals surface area contributed by atoms with Crippen molar-refractivity contribution in [1.29, 1.82) is 0 Å². The molecule has 1 aliphatic rings. The van der Waals surface area contributed by atoms with Crippen LogP contribution in [-0.4, -0.2) is 39.6 Å². The van der Waals surface area contributed by atoms with E-state index < -0.39 is 0 Å². The van der Waals surface area contributed by atoms with E-state index in [9.17, 15) is 9.59 Å². The Hall–Kier alpha value is -2.21. The van der Waals surface area contributed by atoms with Crippen molar-refractivity contribution >= 4 is 16.8 Å². The molecule has 6 heteroatoms. The van der Waals surface area contributed by atoms with Crippen LogP contribution in [-0.2, 0) is 0 Å². The van der Waals surface area contributed by atoms with Gasteiger partial charge in [-0.3, -0.25) is 14.7 Å². The Kier molecular flexibility index (Phi) is 3.94. The minimum Gasteiger partial charge on any atom is -0.333 e. The average molecular weight is 300 g/mol. The topological polar surface area (TPSA) is 92.1 Å². The number of rotatable bonds is 2. The van der Waals surface area contributed by atoms with Crippen molar-refractivity contribution in [3.05, 3.63) is 40.2 Å². The second kappa shape index (κ2) is 5.88. The Morgan fingerprint density at radius 3 is 2.95 bits per heavy atom. The van der Waals surface area contributed by atoms with Gasteiger partial charge in [0.1, 0.15) is 0 Å². The average Bonchev–Trinajstić information content (AvgIpc) is 2.55. The fraction of sp³-hybridized carbons (Fsp3) is 0.438. The van der Waals surface area contributed by atoms with E-state index in [2.05, 4.69) is 10.2 Å². The number of aromatic amines is 1. The van der Waals surface area contributed by atoms with Gasteiger partial charge >= 0.3 is 0 Å². The van der Waals surface area contributed by atoms with Crippen LogP contribution in [0.15, 0.2) is 29.1 Å². The highest BCUT2D eigenvalue weighted by Crippen LogP contribution is 2.20. The summed E-state index contributed by atoms with van der Waals surface area (Å²) in [6.45, 7) is 2.52. The Bertz CT molecular complexity index is 753. The van der Waals surface area contributed by atoms with Crippen LogP contribution in [0.1, 0.15) is 36.7 Å². The first kappa shape index (κ1) is 14.7. The molecule has 1 amide bonds. The fourth-order valence-corrected chi connectivity index (χ4v) is 3.11. The van der Waals surface area contributed by atoms with E-state index in [0.29, 0.717) is 17.4 Å². The normalized spacial score (nSPS) is 20.1. The summed E-state index contributed by atoms with van der Waals surface area (Å²) >= 11 is 0. The molecule has 1 fully saturated rings. The molecule has 0 spiro atoms. The molecule has 1 aliphatic heterocycles. The van der Waals surface area contributed by atoms with Crippen LogP contribution in [0.3, 0.4) is 0 Å². The number of nitrogens with two attached hydrogens (primary N) is 1. The van der Waals surface area contributed by atoms with Gasteiger partial charge in [0.2, 0.25) is 5.43 Å². The van der Waals surface area contributed by atoms with Crippen molar-refractivity contribution < 1.29 is 4.79 Å². The van der Waals surface area contributed by atoms with Crippen molar-refractivity contribution in [2.24, 2.45) is 5.73 Å². The maximum absolute atomic E-state index is 12.8. The summed E-state index contributed by atoms with van der Waals surface area (Å²) in [5, 5.41) is 7.28. The molecule has 0 aliphatic carbocycles. The van der Waals surface area contributed by atoms with Gasteiger partial charge in [-0.05, 0) is 38.3 Å². The van der Waals surface area contributed by atoms with Gasteiger partial charge in [0.15, 0.2) is 5.69 Å². The molecule has 2 atom stereocenters. The lowest BCUT2D eigenvalue weighted by Crippen LogP contribution is -2.52. The number of nitrogens with one attached hydrogen (secondary N) is 1. The molecule has 116 valence electrons. The SMILES string of the molecule is CC(N)C1CCCCN1C(=O)c1n[nH]c2ccccc2c1=O. The van der Waals surface area contributed by atoms with Crippen LogP contribution in [0.25, 0.3) is 10.9 Å². The lowest BCUT2D eigenvalue weighted by atomic mass is 9.96. The molecule has 6 nitrogen and oxygen atoms in total. The van der Waals surface area contributed by atoms with Gasteiger partial charge in [-0.25, -0.2) is 0 Å². The number of amides is 1. The molecular weight excluding hydrogens is 280 g/mol. The van der Waals surface area contributed by atoms with E-state index in [1.165, 1.54) is 0 Å². The highest BCUT2D eigenvalue weighted by atomic mass is 16.2. The van der Waals surface area contributed by atoms with Crippen molar-refractivity contribution in [3.8, 4) is 0 Å². The van der Waals surface area contributed by atoms with Gasteiger partial charge < -0.3 is 10.6 Å². The van der Waals surface area contributed by atoms with Gasteiger partial charge in [-0.15, -0.1) is 0 Å². The number of hydrogen-bond donors (Lipinski definition) is 2. The van der Waals surface area contributed by atoms with Crippen LogP contribution in [0.4, 0.5) is 0 Å². The fourth-order valence-electron chi connectivity index (χ4n) is 3.11. The number of piperidine rings is 1. The molecule has 0 bridgehead atoms. The molecule has 2 aromatic rings. The summed E-state index contributed by atoms with van der Waals surface area (Å²) in [7, 11) is 0. The van der Waals surface area contributed by atoms with E-state index >= 15 is 0 Å². The first-order valence-corrected chi connectivity index (χ1v) is 7.63. The number of likely N-dealkylation sites (tertiary alicyclic amines) is 1. The molecule has 22 heavy (non-hydrogen) atoms. The van der Waals surface area contributed by atoms with E-state index in [1.807, 2.05) is 13.0 Å². The summed E-state index contributed by atoms with van der Waals surface area (Å²) in [5.74, 6) is -0.325. The Morgan fingerprint density at radius 1 is 1.41 bits per heavy atom. The summed E-state index contributed by atoms with van der Waals surface area (Å²) < 4.78 is 0. The molecule has 2 heterocycles. The first-order valence-electron chi connectivity index (χ1n) is 7.63. The van der Waals surface area contributed by atoms with Gasteiger partial charge in [-0.2, -0.15) is 5.10 Å². The number of fused-ring (bicyclic) bond motifs is 1. The number of nitrogens with zero attached hydrogens (tertiary/aromatic N) is 2. The zero-order valence-corrected chi connectivity index (χ0v) is 12.6. The molecule has 1 aromatic carbocycles. The van der Waals surface area contributed by atoms with E-state index in [0.717, 1.165) is 19.3 Å². The largest absolute Gasteiger partial charge is 0.333 e. The van der Waals surface area contributed by atoms with E-state index in [-0.39, 0.29) is 29.1 Å². The van der Waals surface area contributed by atoms with Crippen molar-refractivity contribution in [1.82, 2.24) is 15.1 Å². The van der Waals surface area contributed by atoms with Crippen LogP contribution in [0.5, 0.6) is 0 Å². The zero-order valence-electron chi connectivity index (χ0n) is 12.6. The molecule has 0 radical (unpaired) electrons. The number of H-pyrrole nitrogens is 1. The summed E-state index contributed by atoms with van der Waals surface area (Å²) in [4.78, 5) is 27.0. The van der Waals surface area contributed by atoms with Gasteiger partial charge in [0, 0.05) is 24.0 Å². The number of benzene rings is 1. The molecule has 1 aromatic heterocycles. The smallest absolute Gasteiger partial charge is 0.278 e. The molecular formula is C16H20N4O2. The van der Waals surface area contributed by atoms with Crippen molar-refractivity contribution in [2.45, 2.75) is 38.3 Å². The predicted molar refractivity (Wildman–Crippen MR) is 84.7 cm³/mol. The number of carbonyl (C=O) groups excluding carboxylic acids is 1. The highest BCUT2D eigenvalue weighted by Gasteiger charge is 2.32. The van der Waals surface area contributed by atoms with Crippen LogP contribution >= 0.6 is 0 Å². The monoisotopic (exact) mass is 300 g/mol. The molecule has 0 saturated carbocycles. The minimum absolute atomic E-state index is 0.0334.